The Balaban J connectivity index is 3.21. The van der Waals surface area contributed by atoms with Gasteiger partial charge in [-0.3, -0.25) is 10.1 Å². The van der Waals surface area contributed by atoms with E-state index < -0.39 is 23.4 Å². The van der Waals surface area contributed by atoms with Crippen molar-refractivity contribution in [2.24, 2.45) is 0 Å². The standard InChI is InChI=1S/C14H14BrNO4/c1-3-12(14(17)20-4-2)13(9-16(18)19)10-6-5-7-11(15)8-10/h5-8,13H,1,4,9H2,2H3. The number of rotatable bonds is 6. The highest BCUT2D eigenvalue weighted by Gasteiger charge is 2.28. The Morgan fingerprint density at radius 3 is 2.80 bits per heavy atom. The lowest BCUT2D eigenvalue weighted by molar-refractivity contribution is -0.481. The fraction of sp³-hybridized carbons (Fsp3) is 0.286. The van der Waals surface area contributed by atoms with Crippen molar-refractivity contribution in [1.82, 2.24) is 0 Å². The molecule has 6 heteroatoms. The molecule has 5 nitrogen and oxygen atoms in total. The number of nitro groups is 1. The number of carbonyl (C=O) groups is 1. The lowest BCUT2D eigenvalue weighted by Crippen LogP contribution is -2.21. The number of carbonyl (C=O) groups excluding carboxylic acids is 1. The molecule has 0 spiro atoms. The molecule has 0 saturated heterocycles. The Labute approximate surface area is 125 Å². The van der Waals surface area contributed by atoms with Gasteiger partial charge in [-0.05, 0) is 24.6 Å². The molecule has 1 atom stereocenters. The van der Waals surface area contributed by atoms with Crippen molar-refractivity contribution in [3.63, 3.8) is 0 Å². The average Bonchev–Trinajstić information content (AvgIpc) is 2.38. The van der Waals surface area contributed by atoms with E-state index in [-0.39, 0.29) is 12.2 Å². The molecular weight excluding hydrogens is 326 g/mol. The van der Waals surface area contributed by atoms with Crippen LogP contribution in [-0.2, 0) is 9.53 Å². The highest BCUT2D eigenvalue weighted by atomic mass is 79.9. The number of nitrogens with zero attached hydrogens (tertiary/aromatic N) is 1. The van der Waals surface area contributed by atoms with Gasteiger partial charge in [0.25, 0.3) is 0 Å². The van der Waals surface area contributed by atoms with E-state index in [2.05, 4.69) is 28.2 Å². The first-order valence-electron chi connectivity index (χ1n) is 5.93. The number of benzene rings is 1. The van der Waals surface area contributed by atoms with Gasteiger partial charge in [-0.25, -0.2) is 4.79 Å². The molecular formula is C14H14BrNO4. The van der Waals surface area contributed by atoms with Crippen LogP contribution in [0.5, 0.6) is 0 Å². The molecule has 106 valence electrons. The van der Waals surface area contributed by atoms with Gasteiger partial charge in [-0.2, -0.15) is 0 Å². The van der Waals surface area contributed by atoms with E-state index in [1.165, 1.54) is 0 Å². The lowest BCUT2D eigenvalue weighted by atomic mass is 9.91. The molecule has 0 aromatic heterocycles. The van der Waals surface area contributed by atoms with Crippen LogP contribution in [0.25, 0.3) is 0 Å². The monoisotopic (exact) mass is 339 g/mol. The van der Waals surface area contributed by atoms with Gasteiger partial charge < -0.3 is 4.74 Å². The molecule has 0 amide bonds. The highest BCUT2D eigenvalue weighted by Crippen LogP contribution is 2.27. The molecule has 0 N–H and O–H groups in total. The molecule has 1 aromatic rings. The second-order valence-corrected chi connectivity index (χ2v) is 4.85. The van der Waals surface area contributed by atoms with Crippen LogP contribution < -0.4 is 0 Å². The van der Waals surface area contributed by atoms with Crippen LogP contribution >= 0.6 is 15.9 Å². The summed E-state index contributed by atoms with van der Waals surface area (Å²) in [4.78, 5) is 22.2. The van der Waals surface area contributed by atoms with Crippen LogP contribution in [0.4, 0.5) is 0 Å². The normalized spacial score (nSPS) is 11.3. The van der Waals surface area contributed by atoms with Crippen molar-refractivity contribution < 1.29 is 14.5 Å². The first-order chi connectivity index (χ1) is 9.49. The summed E-state index contributed by atoms with van der Waals surface area (Å²) in [6.45, 7) is 4.87. The zero-order valence-corrected chi connectivity index (χ0v) is 12.6. The molecule has 0 aliphatic heterocycles. The van der Waals surface area contributed by atoms with Crippen LogP contribution in [0.1, 0.15) is 18.4 Å². The smallest absolute Gasteiger partial charge is 0.342 e. The van der Waals surface area contributed by atoms with Gasteiger partial charge >= 0.3 is 5.97 Å². The summed E-state index contributed by atoms with van der Waals surface area (Å²) in [5, 5.41) is 10.8. The second kappa shape index (κ2) is 7.62. The Bertz CT molecular complexity index is 564. The van der Waals surface area contributed by atoms with E-state index in [0.29, 0.717) is 5.56 Å². The van der Waals surface area contributed by atoms with E-state index >= 15 is 0 Å². The van der Waals surface area contributed by atoms with E-state index in [9.17, 15) is 14.9 Å². The number of ether oxygens (including phenoxy) is 1. The Morgan fingerprint density at radius 2 is 2.30 bits per heavy atom. The molecule has 0 radical (unpaired) electrons. The fourth-order valence-corrected chi connectivity index (χ4v) is 2.20. The van der Waals surface area contributed by atoms with E-state index in [4.69, 9.17) is 4.74 Å². The van der Waals surface area contributed by atoms with Crippen molar-refractivity contribution in [2.75, 3.05) is 13.2 Å². The van der Waals surface area contributed by atoms with Gasteiger partial charge in [0.15, 0.2) is 0 Å². The van der Waals surface area contributed by atoms with Gasteiger partial charge in [0.2, 0.25) is 6.54 Å². The average molecular weight is 340 g/mol. The Kier molecular flexibility index (Phi) is 6.15. The van der Waals surface area contributed by atoms with Crippen LogP contribution in [0.3, 0.4) is 0 Å². The molecule has 1 aromatic carbocycles. The number of hydrogen-bond acceptors (Lipinski definition) is 4. The molecule has 1 unspecified atom stereocenters. The minimum Gasteiger partial charge on any atom is -0.462 e. The van der Waals surface area contributed by atoms with E-state index in [0.717, 1.165) is 4.47 Å². The minimum atomic E-state index is -0.737. The third-order valence-corrected chi connectivity index (χ3v) is 3.11. The SMILES string of the molecule is C=C=C(C(=O)OCC)C(C[N+](=O)[O-])c1cccc(Br)c1. The third-order valence-electron chi connectivity index (χ3n) is 2.62. The summed E-state index contributed by atoms with van der Waals surface area (Å²) in [5.41, 5.74) is 3.19. The largest absolute Gasteiger partial charge is 0.462 e. The topological polar surface area (TPSA) is 69.4 Å². The second-order valence-electron chi connectivity index (χ2n) is 3.93. The van der Waals surface area contributed by atoms with Crippen molar-refractivity contribution in [3.8, 4) is 0 Å². The molecule has 0 aliphatic rings. The van der Waals surface area contributed by atoms with Crippen molar-refractivity contribution >= 4 is 21.9 Å². The van der Waals surface area contributed by atoms with Gasteiger partial charge in [0, 0.05) is 9.40 Å². The van der Waals surface area contributed by atoms with Gasteiger partial charge in [-0.1, -0.05) is 34.6 Å². The predicted molar refractivity (Wildman–Crippen MR) is 78.0 cm³/mol. The molecule has 0 aliphatic carbocycles. The molecule has 1 rings (SSSR count). The molecule has 0 saturated carbocycles. The molecule has 0 heterocycles. The van der Waals surface area contributed by atoms with E-state index in [1.54, 1.807) is 31.2 Å². The highest BCUT2D eigenvalue weighted by molar-refractivity contribution is 9.10. The van der Waals surface area contributed by atoms with Crippen LogP contribution in [0.2, 0.25) is 0 Å². The summed E-state index contributed by atoms with van der Waals surface area (Å²) in [5.74, 6) is -1.37. The van der Waals surface area contributed by atoms with Crippen LogP contribution in [-0.4, -0.2) is 24.0 Å². The fourth-order valence-electron chi connectivity index (χ4n) is 1.78. The molecule has 20 heavy (non-hydrogen) atoms. The van der Waals surface area contributed by atoms with Crippen LogP contribution in [0, 0.1) is 10.1 Å². The summed E-state index contributed by atoms with van der Waals surface area (Å²) in [7, 11) is 0. The summed E-state index contributed by atoms with van der Waals surface area (Å²) in [6.07, 6.45) is 0. The molecule has 0 bridgehead atoms. The first kappa shape index (κ1) is 16.1. The first-order valence-corrected chi connectivity index (χ1v) is 6.73. The quantitative estimate of drug-likeness (QED) is 0.262. The summed E-state index contributed by atoms with van der Waals surface area (Å²) in [6, 6.07) is 6.99. The van der Waals surface area contributed by atoms with Crippen LogP contribution in [0.15, 0.2) is 46.6 Å². The predicted octanol–water partition coefficient (Wildman–Crippen LogP) is 3.08. The van der Waals surface area contributed by atoms with Gasteiger partial charge in [0.05, 0.1) is 18.1 Å². The maximum atomic E-state index is 11.9. The van der Waals surface area contributed by atoms with Gasteiger partial charge in [0.1, 0.15) is 0 Å². The third kappa shape index (κ3) is 4.33. The zero-order valence-electron chi connectivity index (χ0n) is 11.0. The minimum absolute atomic E-state index is 0.0710. The maximum absolute atomic E-state index is 11.9. The Hall–Kier alpha value is -1.91. The van der Waals surface area contributed by atoms with Crippen molar-refractivity contribution in [1.29, 1.82) is 0 Å². The Morgan fingerprint density at radius 1 is 1.60 bits per heavy atom. The number of hydrogen-bond donors (Lipinski definition) is 0. The number of esters is 1. The van der Waals surface area contributed by atoms with Crippen molar-refractivity contribution in [3.05, 3.63) is 62.3 Å². The van der Waals surface area contributed by atoms with Gasteiger partial charge in [-0.15, -0.1) is 5.73 Å². The van der Waals surface area contributed by atoms with Crippen molar-refractivity contribution in [2.45, 2.75) is 12.8 Å². The summed E-state index contributed by atoms with van der Waals surface area (Å²) < 4.78 is 5.67. The lowest BCUT2D eigenvalue weighted by Gasteiger charge is -2.15. The number of halogens is 1. The maximum Gasteiger partial charge on any atom is 0.342 e. The van der Waals surface area contributed by atoms with E-state index in [1.807, 2.05) is 0 Å². The summed E-state index contributed by atoms with van der Waals surface area (Å²) >= 11 is 3.30. The zero-order chi connectivity index (χ0) is 15.1. The molecule has 0 fully saturated rings.